The van der Waals surface area contributed by atoms with Gasteiger partial charge in [-0.15, -0.1) is 0 Å². The van der Waals surface area contributed by atoms with Crippen molar-refractivity contribution in [2.24, 2.45) is 11.7 Å². The fourth-order valence-electron chi connectivity index (χ4n) is 1.17. The minimum Gasteiger partial charge on any atom is -0.472 e. The second kappa shape index (κ2) is 3.86. The van der Waals surface area contributed by atoms with Gasteiger partial charge in [0.2, 0.25) is 0 Å². The van der Waals surface area contributed by atoms with E-state index >= 15 is 0 Å². The normalized spacial score (nSPS) is 13.3. The molecule has 0 radical (unpaired) electrons. The first kappa shape index (κ1) is 9.92. The van der Waals surface area contributed by atoms with Crippen LogP contribution in [0, 0.1) is 5.92 Å². The molecule has 0 aromatic carbocycles. The molecule has 1 atom stereocenters. The second-order valence-electron chi connectivity index (χ2n) is 3.74. The van der Waals surface area contributed by atoms with Gasteiger partial charge in [-0.3, -0.25) is 0 Å². The average molecular weight is 207 g/mol. The van der Waals surface area contributed by atoms with Crippen LogP contribution in [0.15, 0.2) is 27.5 Å². The second-order valence-corrected chi connectivity index (χ2v) is 3.74. The molecule has 2 N–H and O–H groups in total. The predicted octanol–water partition coefficient (Wildman–Crippen LogP) is 1.99. The number of nitrogens with zero attached hydrogens (tertiary/aromatic N) is 2. The van der Waals surface area contributed by atoms with Crippen LogP contribution in [-0.2, 0) is 0 Å². The zero-order chi connectivity index (χ0) is 10.8. The monoisotopic (exact) mass is 207 g/mol. The van der Waals surface area contributed by atoms with E-state index in [-0.39, 0.29) is 12.0 Å². The molecule has 2 heterocycles. The molecule has 0 bridgehead atoms. The van der Waals surface area contributed by atoms with Crippen LogP contribution in [0.4, 0.5) is 0 Å². The van der Waals surface area contributed by atoms with E-state index in [2.05, 4.69) is 10.1 Å². The maximum atomic E-state index is 5.90. The fraction of sp³-hybridized carbons (Fsp3) is 0.400. The molecule has 5 nitrogen and oxygen atoms in total. The van der Waals surface area contributed by atoms with Crippen molar-refractivity contribution in [2.75, 3.05) is 0 Å². The van der Waals surface area contributed by atoms with Crippen molar-refractivity contribution >= 4 is 0 Å². The molecule has 0 fully saturated rings. The van der Waals surface area contributed by atoms with Crippen LogP contribution in [0.5, 0.6) is 0 Å². The molecule has 0 aliphatic heterocycles. The van der Waals surface area contributed by atoms with Gasteiger partial charge in [0.1, 0.15) is 6.26 Å². The first-order chi connectivity index (χ1) is 7.18. The summed E-state index contributed by atoms with van der Waals surface area (Å²) in [5, 5.41) is 3.84. The van der Waals surface area contributed by atoms with Crippen molar-refractivity contribution in [3.63, 3.8) is 0 Å². The lowest BCUT2D eigenvalue weighted by Crippen LogP contribution is -2.18. The van der Waals surface area contributed by atoms with Gasteiger partial charge in [0.05, 0.1) is 17.9 Å². The molecule has 2 aromatic heterocycles. The van der Waals surface area contributed by atoms with E-state index in [0.29, 0.717) is 11.7 Å². The molecule has 1 unspecified atom stereocenters. The topological polar surface area (TPSA) is 78.1 Å². The number of rotatable bonds is 3. The third-order valence-corrected chi connectivity index (χ3v) is 2.23. The molecule has 0 aliphatic carbocycles. The summed E-state index contributed by atoms with van der Waals surface area (Å²) in [4.78, 5) is 4.21. The summed E-state index contributed by atoms with van der Waals surface area (Å²) in [6, 6.07) is 1.56. The summed E-state index contributed by atoms with van der Waals surface area (Å²) in [7, 11) is 0. The lowest BCUT2D eigenvalue weighted by molar-refractivity contribution is 0.399. The summed E-state index contributed by atoms with van der Waals surface area (Å²) < 4.78 is 10.0. The van der Waals surface area contributed by atoms with Crippen molar-refractivity contribution in [1.29, 1.82) is 0 Å². The highest BCUT2D eigenvalue weighted by molar-refractivity contribution is 5.49. The van der Waals surface area contributed by atoms with E-state index in [1.54, 1.807) is 18.6 Å². The molecule has 2 rings (SSSR count). The molecule has 0 aliphatic rings. The predicted molar refractivity (Wildman–Crippen MR) is 53.8 cm³/mol. The van der Waals surface area contributed by atoms with Gasteiger partial charge in [0.15, 0.2) is 5.82 Å². The van der Waals surface area contributed by atoms with Gasteiger partial charge in [-0.25, -0.2) is 0 Å². The Balaban J connectivity index is 2.25. The SMILES string of the molecule is CC(C)C(N)c1noc(-c2ccoc2)n1. The number of nitrogens with two attached hydrogens (primary N) is 1. The van der Waals surface area contributed by atoms with Crippen LogP contribution in [0.1, 0.15) is 25.7 Å². The van der Waals surface area contributed by atoms with Crippen LogP contribution >= 0.6 is 0 Å². The minimum absolute atomic E-state index is 0.200. The molecule has 0 saturated carbocycles. The molecule has 0 amide bonds. The Bertz CT molecular complexity index is 420. The Hall–Kier alpha value is -1.62. The van der Waals surface area contributed by atoms with Crippen molar-refractivity contribution in [3.05, 3.63) is 24.4 Å². The highest BCUT2D eigenvalue weighted by atomic mass is 16.5. The summed E-state index contributed by atoms with van der Waals surface area (Å²) in [5.74, 6) is 1.25. The molecule has 0 spiro atoms. The van der Waals surface area contributed by atoms with Crippen molar-refractivity contribution in [2.45, 2.75) is 19.9 Å². The van der Waals surface area contributed by atoms with Crippen LogP contribution in [0.25, 0.3) is 11.5 Å². The van der Waals surface area contributed by atoms with E-state index in [1.807, 2.05) is 13.8 Å². The van der Waals surface area contributed by atoms with Gasteiger partial charge in [0.25, 0.3) is 5.89 Å². The zero-order valence-corrected chi connectivity index (χ0v) is 8.68. The number of hydrogen-bond acceptors (Lipinski definition) is 5. The standard InChI is InChI=1S/C10H13N3O2/c1-6(2)8(11)9-12-10(15-13-9)7-3-4-14-5-7/h3-6,8H,11H2,1-2H3. The van der Waals surface area contributed by atoms with Gasteiger partial charge in [-0.05, 0) is 12.0 Å². The van der Waals surface area contributed by atoms with Crippen molar-refractivity contribution in [1.82, 2.24) is 10.1 Å². The van der Waals surface area contributed by atoms with Crippen molar-refractivity contribution < 1.29 is 8.94 Å². The van der Waals surface area contributed by atoms with Crippen LogP contribution in [-0.4, -0.2) is 10.1 Å². The Labute approximate surface area is 87.3 Å². The van der Waals surface area contributed by atoms with Crippen LogP contribution < -0.4 is 5.73 Å². The molecule has 15 heavy (non-hydrogen) atoms. The van der Waals surface area contributed by atoms with E-state index in [0.717, 1.165) is 5.56 Å². The lowest BCUT2D eigenvalue weighted by atomic mass is 10.1. The van der Waals surface area contributed by atoms with E-state index in [9.17, 15) is 0 Å². The van der Waals surface area contributed by atoms with Gasteiger partial charge >= 0.3 is 0 Å². The van der Waals surface area contributed by atoms with E-state index in [1.165, 1.54) is 0 Å². The molecule has 2 aromatic rings. The highest BCUT2D eigenvalue weighted by Gasteiger charge is 2.18. The maximum absolute atomic E-state index is 5.90. The third-order valence-electron chi connectivity index (χ3n) is 2.23. The average Bonchev–Trinajstić information content (AvgIpc) is 2.86. The molecule has 80 valence electrons. The fourth-order valence-corrected chi connectivity index (χ4v) is 1.17. The Morgan fingerprint density at radius 1 is 1.40 bits per heavy atom. The highest BCUT2D eigenvalue weighted by Crippen LogP contribution is 2.21. The maximum Gasteiger partial charge on any atom is 0.261 e. The number of hydrogen-bond donors (Lipinski definition) is 1. The molecule has 5 heteroatoms. The first-order valence-corrected chi connectivity index (χ1v) is 4.80. The number of aromatic nitrogens is 2. The van der Waals surface area contributed by atoms with Gasteiger partial charge in [-0.1, -0.05) is 19.0 Å². The number of furan rings is 1. The lowest BCUT2D eigenvalue weighted by Gasteiger charge is -2.09. The first-order valence-electron chi connectivity index (χ1n) is 4.80. The van der Waals surface area contributed by atoms with E-state index in [4.69, 9.17) is 14.7 Å². The van der Waals surface area contributed by atoms with Gasteiger partial charge in [0, 0.05) is 0 Å². The summed E-state index contributed by atoms with van der Waals surface area (Å²) in [5.41, 5.74) is 6.66. The van der Waals surface area contributed by atoms with Crippen molar-refractivity contribution in [3.8, 4) is 11.5 Å². The molecular weight excluding hydrogens is 194 g/mol. The van der Waals surface area contributed by atoms with Gasteiger partial charge in [-0.2, -0.15) is 4.98 Å². The summed E-state index contributed by atoms with van der Waals surface area (Å²) in [6.45, 7) is 4.02. The zero-order valence-electron chi connectivity index (χ0n) is 8.68. The Kier molecular flexibility index (Phi) is 2.55. The minimum atomic E-state index is -0.200. The van der Waals surface area contributed by atoms with Crippen LogP contribution in [0.3, 0.4) is 0 Å². The summed E-state index contributed by atoms with van der Waals surface area (Å²) >= 11 is 0. The van der Waals surface area contributed by atoms with Gasteiger partial charge < -0.3 is 14.7 Å². The smallest absolute Gasteiger partial charge is 0.261 e. The van der Waals surface area contributed by atoms with Crippen LogP contribution in [0.2, 0.25) is 0 Å². The molecule has 0 saturated heterocycles. The summed E-state index contributed by atoms with van der Waals surface area (Å²) in [6.07, 6.45) is 3.11. The Morgan fingerprint density at radius 3 is 2.80 bits per heavy atom. The molecular formula is C10H13N3O2. The quantitative estimate of drug-likeness (QED) is 0.832. The Morgan fingerprint density at radius 2 is 2.20 bits per heavy atom. The largest absolute Gasteiger partial charge is 0.472 e. The third kappa shape index (κ3) is 1.92. The van der Waals surface area contributed by atoms with E-state index < -0.39 is 0 Å².